The number of hydrogen-bond donors (Lipinski definition) is 0. The number of aromatic nitrogens is 2. The third kappa shape index (κ3) is 6.46. The molecule has 0 radical (unpaired) electrons. The number of rotatable bonds is 10. The van der Waals surface area contributed by atoms with E-state index in [9.17, 15) is 22.0 Å². The maximum Gasteiger partial charge on any atom is 0.273 e. The Morgan fingerprint density at radius 3 is 2.39 bits per heavy atom. The van der Waals surface area contributed by atoms with Crippen molar-refractivity contribution >= 4 is 15.7 Å². The van der Waals surface area contributed by atoms with E-state index in [1.165, 1.54) is 29.4 Å². The molecule has 1 atom stereocenters. The molecule has 3 aromatic rings. The Hall–Kier alpha value is -3.15. The van der Waals surface area contributed by atoms with Gasteiger partial charge in [-0.15, -0.1) is 0 Å². The molecular formula is C27H30F2N4O4S. The molecule has 2 fully saturated rings. The van der Waals surface area contributed by atoms with Gasteiger partial charge in [-0.05, 0) is 30.0 Å². The molecule has 0 spiro atoms. The SMILES string of the molecule is O=c1cc(N2CCN(S(=O)(=O)Cc3ccccc3)CC2COCCC2CC2)cnn1-c1cc(F)cc(F)c1. The van der Waals surface area contributed by atoms with Crippen molar-refractivity contribution in [2.75, 3.05) is 37.7 Å². The molecule has 8 nitrogen and oxygen atoms in total. The first-order chi connectivity index (χ1) is 18.3. The van der Waals surface area contributed by atoms with Crippen LogP contribution in [0.1, 0.15) is 24.8 Å². The largest absolute Gasteiger partial charge is 0.379 e. The first-order valence-electron chi connectivity index (χ1n) is 12.7. The van der Waals surface area contributed by atoms with Gasteiger partial charge in [-0.25, -0.2) is 17.2 Å². The van der Waals surface area contributed by atoms with E-state index in [1.807, 2.05) is 23.1 Å². The van der Waals surface area contributed by atoms with Gasteiger partial charge >= 0.3 is 0 Å². The second kappa shape index (κ2) is 11.3. The molecule has 1 unspecified atom stereocenters. The lowest BCUT2D eigenvalue weighted by Crippen LogP contribution is -2.57. The minimum atomic E-state index is -3.57. The molecule has 202 valence electrons. The van der Waals surface area contributed by atoms with Crippen LogP contribution < -0.4 is 10.5 Å². The van der Waals surface area contributed by atoms with Gasteiger partial charge in [-0.3, -0.25) is 4.79 Å². The molecule has 2 aliphatic rings. The highest BCUT2D eigenvalue weighted by molar-refractivity contribution is 7.88. The van der Waals surface area contributed by atoms with E-state index < -0.39 is 27.2 Å². The molecule has 5 rings (SSSR count). The number of halogens is 2. The van der Waals surface area contributed by atoms with Crippen LogP contribution in [0.4, 0.5) is 14.5 Å². The lowest BCUT2D eigenvalue weighted by atomic mass is 10.2. The Balaban J connectivity index is 1.35. The van der Waals surface area contributed by atoms with Gasteiger partial charge in [-0.2, -0.15) is 14.1 Å². The predicted molar refractivity (Wildman–Crippen MR) is 140 cm³/mol. The van der Waals surface area contributed by atoms with Crippen LogP contribution in [0.2, 0.25) is 0 Å². The number of sulfonamides is 1. The van der Waals surface area contributed by atoms with Gasteiger partial charge in [-0.1, -0.05) is 43.2 Å². The van der Waals surface area contributed by atoms with Crippen LogP contribution in [0.3, 0.4) is 0 Å². The van der Waals surface area contributed by atoms with Crippen LogP contribution in [-0.4, -0.2) is 61.4 Å². The molecule has 1 aliphatic heterocycles. The fourth-order valence-electron chi connectivity index (χ4n) is 4.73. The minimum Gasteiger partial charge on any atom is -0.379 e. The van der Waals surface area contributed by atoms with E-state index in [2.05, 4.69) is 5.10 Å². The van der Waals surface area contributed by atoms with Gasteiger partial charge in [0.1, 0.15) is 11.6 Å². The first kappa shape index (κ1) is 26.5. The van der Waals surface area contributed by atoms with E-state index in [-0.39, 0.29) is 30.6 Å². The fraction of sp³-hybridized carbons (Fsp3) is 0.407. The van der Waals surface area contributed by atoms with Crippen LogP contribution in [0.15, 0.2) is 65.6 Å². The van der Waals surface area contributed by atoms with E-state index in [1.54, 1.807) is 12.1 Å². The van der Waals surface area contributed by atoms with Crippen molar-refractivity contribution in [1.29, 1.82) is 0 Å². The molecule has 1 saturated heterocycles. The summed E-state index contributed by atoms with van der Waals surface area (Å²) in [5, 5.41) is 4.15. The quantitative estimate of drug-likeness (QED) is 0.364. The third-order valence-corrected chi connectivity index (χ3v) is 8.73. The number of anilines is 1. The summed E-state index contributed by atoms with van der Waals surface area (Å²) in [4.78, 5) is 14.8. The Kier molecular flexibility index (Phi) is 7.87. The van der Waals surface area contributed by atoms with Crippen molar-refractivity contribution in [2.45, 2.75) is 31.1 Å². The molecule has 38 heavy (non-hydrogen) atoms. The molecule has 1 aromatic heterocycles. The minimum absolute atomic E-state index is 0.0177. The van der Waals surface area contributed by atoms with Crippen LogP contribution >= 0.6 is 0 Å². The van der Waals surface area contributed by atoms with Gasteiger partial charge in [0.15, 0.2) is 0 Å². The second-order valence-corrected chi connectivity index (χ2v) is 11.8. The highest BCUT2D eigenvalue weighted by atomic mass is 32.2. The summed E-state index contributed by atoms with van der Waals surface area (Å²) < 4.78 is 62.2. The maximum atomic E-state index is 13.7. The summed E-state index contributed by atoms with van der Waals surface area (Å²) in [7, 11) is -3.57. The van der Waals surface area contributed by atoms with Crippen molar-refractivity contribution < 1.29 is 21.9 Å². The summed E-state index contributed by atoms with van der Waals surface area (Å²) in [6, 6.07) is 12.8. The van der Waals surface area contributed by atoms with Crippen LogP contribution in [0.5, 0.6) is 0 Å². The highest BCUT2D eigenvalue weighted by Crippen LogP contribution is 2.32. The first-order valence-corrected chi connectivity index (χ1v) is 14.3. The van der Waals surface area contributed by atoms with Crippen molar-refractivity contribution in [1.82, 2.24) is 14.1 Å². The second-order valence-electron chi connectivity index (χ2n) is 9.85. The molecular weight excluding hydrogens is 514 g/mol. The van der Waals surface area contributed by atoms with Crippen LogP contribution in [-0.2, 0) is 20.5 Å². The fourth-order valence-corrected chi connectivity index (χ4v) is 6.28. The van der Waals surface area contributed by atoms with Gasteiger partial charge in [0.2, 0.25) is 10.0 Å². The van der Waals surface area contributed by atoms with Gasteiger partial charge in [0.25, 0.3) is 5.56 Å². The lowest BCUT2D eigenvalue weighted by Gasteiger charge is -2.41. The third-order valence-electron chi connectivity index (χ3n) is 6.92. The van der Waals surface area contributed by atoms with Crippen LogP contribution in [0.25, 0.3) is 5.69 Å². The van der Waals surface area contributed by atoms with Gasteiger partial charge in [0, 0.05) is 38.4 Å². The van der Waals surface area contributed by atoms with Crippen molar-refractivity contribution in [2.24, 2.45) is 5.92 Å². The summed E-state index contributed by atoms with van der Waals surface area (Å²) >= 11 is 0. The smallest absolute Gasteiger partial charge is 0.273 e. The average Bonchev–Trinajstić information content (AvgIpc) is 3.71. The average molecular weight is 545 g/mol. The Labute approximate surface area is 220 Å². The van der Waals surface area contributed by atoms with Crippen molar-refractivity contribution in [3.8, 4) is 5.69 Å². The summed E-state index contributed by atoms with van der Waals surface area (Å²) in [5.41, 5.74) is 0.642. The van der Waals surface area contributed by atoms with Crippen molar-refractivity contribution in [3.05, 3.63) is 88.3 Å². The maximum absolute atomic E-state index is 13.7. The highest BCUT2D eigenvalue weighted by Gasteiger charge is 2.34. The number of piperazine rings is 1. The zero-order valence-electron chi connectivity index (χ0n) is 20.9. The molecule has 1 aliphatic carbocycles. The lowest BCUT2D eigenvalue weighted by molar-refractivity contribution is 0.102. The molecule has 0 bridgehead atoms. The summed E-state index contributed by atoms with van der Waals surface area (Å²) in [5.74, 6) is -1.00. The Bertz CT molecular complexity index is 1410. The number of benzene rings is 2. The van der Waals surface area contributed by atoms with E-state index in [4.69, 9.17) is 4.74 Å². The normalized spacial score (nSPS) is 18.6. The zero-order valence-corrected chi connectivity index (χ0v) is 21.7. The molecule has 0 amide bonds. The molecule has 2 aromatic carbocycles. The molecule has 0 N–H and O–H groups in total. The predicted octanol–water partition coefficient (Wildman–Crippen LogP) is 3.35. The monoisotopic (exact) mass is 544 g/mol. The molecule has 11 heteroatoms. The standard InChI is InChI=1S/C27H30F2N4O4S/c28-22-12-23(29)14-24(13-22)33-27(34)15-25(16-30-33)32-10-9-31(17-26(32)18-37-11-8-20-6-7-20)38(35,36)19-21-4-2-1-3-5-21/h1-5,12-16,20,26H,6-11,17-19H2. The van der Waals surface area contributed by atoms with E-state index in [0.29, 0.717) is 36.9 Å². The van der Waals surface area contributed by atoms with E-state index in [0.717, 1.165) is 29.3 Å². The van der Waals surface area contributed by atoms with Gasteiger partial charge < -0.3 is 9.64 Å². The molecule has 2 heterocycles. The van der Waals surface area contributed by atoms with Crippen molar-refractivity contribution in [3.63, 3.8) is 0 Å². The van der Waals surface area contributed by atoms with Crippen LogP contribution in [0, 0.1) is 17.6 Å². The number of nitrogens with zero attached hydrogens (tertiary/aromatic N) is 4. The Morgan fingerprint density at radius 2 is 1.71 bits per heavy atom. The number of ether oxygens (including phenoxy) is 1. The zero-order chi connectivity index (χ0) is 26.7. The topological polar surface area (TPSA) is 84.7 Å². The Morgan fingerprint density at radius 1 is 0.974 bits per heavy atom. The summed E-state index contributed by atoms with van der Waals surface area (Å²) in [6.07, 6.45) is 4.88. The van der Waals surface area contributed by atoms with Gasteiger partial charge in [0.05, 0.1) is 36.0 Å². The number of hydrogen-bond acceptors (Lipinski definition) is 6. The summed E-state index contributed by atoms with van der Waals surface area (Å²) in [6.45, 7) is 1.67. The van der Waals surface area contributed by atoms with E-state index >= 15 is 0 Å². The molecule has 1 saturated carbocycles.